The first kappa shape index (κ1) is 11.7. The Morgan fingerprint density at radius 2 is 2.00 bits per heavy atom. The van der Waals surface area contributed by atoms with Gasteiger partial charge in [-0.1, -0.05) is 25.4 Å². The minimum atomic E-state index is -0.113. The summed E-state index contributed by atoms with van der Waals surface area (Å²) in [5.41, 5.74) is 3.41. The fraction of sp³-hybridized carbons (Fsp3) is 0.615. The zero-order chi connectivity index (χ0) is 11.7. The molecule has 1 aromatic rings. The van der Waals surface area contributed by atoms with Gasteiger partial charge in [0.05, 0.1) is 0 Å². The summed E-state index contributed by atoms with van der Waals surface area (Å²) in [7, 11) is 0. The van der Waals surface area contributed by atoms with Crippen LogP contribution in [0.2, 0.25) is 5.02 Å². The van der Waals surface area contributed by atoms with Gasteiger partial charge >= 0.3 is 0 Å². The van der Waals surface area contributed by atoms with Crippen LogP contribution in [0.3, 0.4) is 0 Å². The summed E-state index contributed by atoms with van der Waals surface area (Å²) in [6.07, 6.45) is 5.35. The predicted octanol–water partition coefficient (Wildman–Crippen LogP) is 3.11. The number of aromatic amines is 1. The quantitative estimate of drug-likeness (QED) is 0.845. The van der Waals surface area contributed by atoms with Crippen LogP contribution in [-0.2, 0) is 19.3 Å². The van der Waals surface area contributed by atoms with Crippen molar-refractivity contribution in [3.63, 3.8) is 0 Å². The van der Waals surface area contributed by atoms with Crippen LogP contribution >= 0.6 is 11.6 Å². The van der Waals surface area contributed by atoms with Crippen molar-refractivity contribution in [2.24, 2.45) is 5.92 Å². The Bertz CT molecular complexity index is 448. The Morgan fingerprint density at radius 3 is 2.69 bits per heavy atom. The molecule has 1 aromatic heterocycles. The number of H-pyrrole nitrogens is 1. The summed E-state index contributed by atoms with van der Waals surface area (Å²) in [4.78, 5) is 14.6. The Morgan fingerprint density at radius 1 is 1.31 bits per heavy atom. The Kier molecular flexibility index (Phi) is 3.38. The smallest absolute Gasteiger partial charge is 0.267 e. The number of nitrogens with one attached hydrogen (secondary N) is 1. The minimum absolute atomic E-state index is 0.113. The first-order valence-electron chi connectivity index (χ1n) is 6.02. The lowest BCUT2D eigenvalue weighted by Gasteiger charge is -2.20. The largest absolute Gasteiger partial charge is 0.325 e. The first-order chi connectivity index (χ1) is 7.59. The molecule has 2 nitrogen and oxygen atoms in total. The molecule has 16 heavy (non-hydrogen) atoms. The number of aryl methyl sites for hydroxylation is 1. The summed E-state index contributed by atoms with van der Waals surface area (Å²) in [6.45, 7) is 4.32. The molecule has 0 radical (unpaired) electrons. The van der Waals surface area contributed by atoms with Crippen molar-refractivity contribution in [1.29, 1.82) is 0 Å². The van der Waals surface area contributed by atoms with Crippen LogP contribution in [0.1, 0.15) is 43.5 Å². The Hall–Kier alpha value is -0.760. The number of pyridine rings is 1. The summed E-state index contributed by atoms with van der Waals surface area (Å²) < 4.78 is 0. The molecule has 2 rings (SSSR count). The molecule has 0 atom stereocenters. The van der Waals surface area contributed by atoms with Crippen LogP contribution in [0.15, 0.2) is 4.79 Å². The molecule has 0 bridgehead atoms. The molecule has 0 saturated heterocycles. The van der Waals surface area contributed by atoms with E-state index in [4.69, 9.17) is 11.6 Å². The van der Waals surface area contributed by atoms with Crippen molar-refractivity contribution in [2.75, 3.05) is 0 Å². The predicted molar refractivity (Wildman–Crippen MR) is 67.3 cm³/mol. The molecule has 1 aliphatic rings. The highest BCUT2D eigenvalue weighted by atomic mass is 35.5. The van der Waals surface area contributed by atoms with E-state index >= 15 is 0 Å². The van der Waals surface area contributed by atoms with Crippen LogP contribution < -0.4 is 5.56 Å². The fourth-order valence-electron chi connectivity index (χ4n) is 2.46. The van der Waals surface area contributed by atoms with E-state index in [0.717, 1.165) is 30.5 Å². The third-order valence-electron chi connectivity index (χ3n) is 3.17. The van der Waals surface area contributed by atoms with Gasteiger partial charge in [-0.05, 0) is 49.1 Å². The highest BCUT2D eigenvalue weighted by Gasteiger charge is 2.19. The monoisotopic (exact) mass is 239 g/mol. The highest BCUT2D eigenvalue weighted by Crippen LogP contribution is 2.27. The maximum absolute atomic E-state index is 11.7. The zero-order valence-electron chi connectivity index (χ0n) is 9.90. The number of hydrogen-bond donors (Lipinski definition) is 1. The maximum atomic E-state index is 11.7. The molecule has 1 heterocycles. The van der Waals surface area contributed by atoms with Gasteiger partial charge in [-0.15, -0.1) is 0 Å². The van der Waals surface area contributed by atoms with E-state index in [0.29, 0.717) is 10.9 Å². The van der Waals surface area contributed by atoms with Crippen LogP contribution in [0, 0.1) is 5.92 Å². The van der Waals surface area contributed by atoms with Crippen molar-refractivity contribution in [2.45, 2.75) is 46.0 Å². The number of rotatable bonds is 2. The van der Waals surface area contributed by atoms with Crippen molar-refractivity contribution in [3.05, 3.63) is 32.2 Å². The molecular formula is C13H18ClNO. The molecule has 1 N–H and O–H groups in total. The van der Waals surface area contributed by atoms with Crippen LogP contribution in [0.4, 0.5) is 0 Å². The molecule has 1 aliphatic carbocycles. The highest BCUT2D eigenvalue weighted by molar-refractivity contribution is 6.31. The average molecular weight is 240 g/mol. The lowest BCUT2D eigenvalue weighted by molar-refractivity contribution is 0.616. The molecule has 0 aliphatic heterocycles. The normalized spacial score (nSPS) is 15.2. The minimum Gasteiger partial charge on any atom is -0.325 e. The van der Waals surface area contributed by atoms with Gasteiger partial charge in [0, 0.05) is 5.69 Å². The molecule has 0 unspecified atom stereocenters. The number of fused-ring (bicyclic) bond motifs is 1. The molecule has 0 amide bonds. The zero-order valence-corrected chi connectivity index (χ0v) is 10.7. The first-order valence-corrected chi connectivity index (χ1v) is 6.39. The molecule has 0 spiro atoms. The number of aromatic nitrogens is 1. The second-order valence-corrected chi connectivity index (χ2v) is 5.39. The lowest BCUT2D eigenvalue weighted by Crippen LogP contribution is -2.20. The van der Waals surface area contributed by atoms with Crippen LogP contribution in [-0.4, -0.2) is 4.98 Å². The van der Waals surface area contributed by atoms with Crippen molar-refractivity contribution in [3.8, 4) is 0 Å². The topological polar surface area (TPSA) is 32.9 Å². The van der Waals surface area contributed by atoms with Crippen molar-refractivity contribution in [1.82, 2.24) is 4.98 Å². The average Bonchev–Trinajstić information content (AvgIpc) is 2.24. The van der Waals surface area contributed by atoms with E-state index in [1.54, 1.807) is 0 Å². The molecular weight excluding hydrogens is 222 g/mol. The third-order valence-corrected chi connectivity index (χ3v) is 3.57. The lowest BCUT2D eigenvalue weighted by atomic mass is 9.89. The van der Waals surface area contributed by atoms with Gasteiger partial charge in [0.15, 0.2) is 0 Å². The standard InChI is InChI=1S/C13H18ClNO/c1-8(2)7-10-9-5-3-4-6-11(9)15-13(16)12(10)14/h8H,3-7H2,1-2H3,(H,15,16). The van der Waals surface area contributed by atoms with Crippen molar-refractivity contribution >= 4 is 11.6 Å². The van der Waals surface area contributed by atoms with Crippen LogP contribution in [0.5, 0.6) is 0 Å². The SMILES string of the molecule is CC(C)Cc1c2c([nH]c(=O)c1Cl)CCCC2. The maximum Gasteiger partial charge on any atom is 0.267 e. The number of halogens is 1. The summed E-state index contributed by atoms with van der Waals surface area (Å²) in [5, 5.41) is 0.411. The molecule has 0 saturated carbocycles. The summed E-state index contributed by atoms with van der Waals surface area (Å²) in [6, 6.07) is 0. The molecule has 0 aromatic carbocycles. The van der Waals surface area contributed by atoms with Gasteiger partial charge in [-0.3, -0.25) is 4.79 Å². The van der Waals surface area contributed by atoms with Gasteiger partial charge < -0.3 is 4.98 Å². The second-order valence-electron chi connectivity index (χ2n) is 5.01. The van der Waals surface area contributed by atoms with E-state index in [1.807, 2.05) is 0 Å². The number of hydrogen-bond acceptors (Lipinski definition) is 1. The van der Waals surface area contributed by atoms with Gasteiger partial charge in [-0.2, -0.15) is 0 Å². The summed E-state index contributed by atoms with van der Waals surface area (Å²) in [5.74, 6) is 0.533. The van der Waals surface area contributed by atoms with Gasteiger partial charge in [-0.25, -0.2) is 0 Å². The molecule has 88 valence electrons. The summed E-state index contributed by atoms with van der Waals surface area (Å²) >= 11 is 6.13. The van der Waals surface area contributed by atoms with Crippen molar-refractivity contribution < 1.29 is 0 Å². The Labute approximate surface area is 101 Å². The fourth-order valence-corrected chi connectivity index (χ4v) is 2.70. The van der Waals surface area contributed by atoms with Gasteiger partial charge in [0.1, 0.15) is 5.02 Å². The van der Waals surface area contributed by atoms with Gasteiger partial charge in [0.25, 0.3) is 5.56 Å². The van der Waals surface area contributed by atoms with Gasteiger partial charge in [0.2, 0.25) is 0 Å². The van der Waals surface area contributed by atoms with E-state index in [1.165, 1.54) is 18.4 Å². The Balaban J connectivity index is 2.54. The van der Waals surface area contributed by atoms with E-state index in [9.17, 15) is 4.79 Å². The van der Waals surface area contributed by atoms with E-state index < -0.39 is 0 Å². The second kappa shape index (κ2) is 4.62. The molecule has 0 fully saturated rings. The molecule has 3 heteroatoms. The third kappa shape index (κ3) is 2.17. The van der Waals surface area contributed by atoms with Crippen LogP contribution in [0.25, 0.3) is 0 Å². The van der Waals surface area contributed by atoms with E-state index in [-0.39, 0.29) is 5.56 Å². The van der Waals surface area contributed by atoms with E-state index in [2.05, 4.69) is 18.8 Å².